The average Bonchev–Trinajstić information content (AvgIpc) is 2.71. The van der Waals surface area contributed by atoms with Crippen LogP contribution in [0, 0.1) is 0 Å². The van der Waals surface area contributed by atoms with E-state index in [0.29, 0.717) is 12.6 Å². The molecule has 1 atom stereocenters. The van der Waals surface area contributed by atoms with Gasteiger partial charge in [-0.3, -0.25) is 4.90 Å². The number of hydrogen-bond donors (Lipinski definition) is 3. The Morgan fingerprint density at radius 3 is 2.79 bits per heavy atom. The number of nitrogens with zero attached hydrogens (tertiary/aromatic N) is 1. The minimum absolute atomic E-state index is 0.0985. The van der Waals surface area contributed by atoms with Gasteiger partial charge in [-0.25, -0.2) is 4.79 Å². The smallest absolute Gasteiger partial charge is 0.315 e. The quantitative estimate of drug-likeness (QED) is 0.683. The lowest BCUT2D eigenvalue weighted by Crippen LogP contribution is -2.48. The van der Waals surface area contributed by atoms with Crippen LogP contribution in [0.1, 0.15) is 46.5 Å². The summed E-state index contributed by atoms with van der Waals surface area (Å²) < 4.78 is 0. The zero-order valence-corrected chi connectivity index (χ0v) is 12.5. The predicted octanol–water partition coefficient (Wildman–Crippen LogP) is 1.32. The number of carbonyl (C=O) groups excluding carboxylic acids is 1. The molecule has 0 aromatic carbocycles. The molecule has 0 aromatic heterocycles. The zero-order valence-electron chi connectivity index (χ0n) is 12.5. The molecule has 5 heteroatoms. The maximum atomic E-state index is 11.6. The highest BCUT2D eigenvalue weighted by atomic mass is 16.3. The Morgan fingerprint density at radius 1 is 1.42 bits per heavy atom. The van der Waals surface area contributed by atoms with Crippen LogP contribution in [0.2, 0.25) is 0 Å². The molecule has 1 aliphatic rings. The van der Waals surface area contributed by atoms with Gasteiger partial charge >= 0.3 is 6.03 Å². The fourth-order valence-corrected chi connectivity index (χ4v) is 2.54. The van der Waals surface area contributed by atoms with Crippen molar-refractivity contribution in [3.63, 3.8) is 0 Å². The molecule has 0 saturated carbocycles. The maximum Gasteiger partial charge on any atom is 0.315 e. The zero-order chi connectivity index (χ0) is 14.3. The molecule has 112 valence electrons. The molecule has 0 aromatic rings. The fraction of sp³-hybridized carbons (Fsp3) is 0.929. The average molecular weight is 271 g/mol. The highest BCUT2D eigenvalue weighted by Crippen LogP contribution is 2.20. The molecule has 0 bridgehead atoms. The van der Waals surface area contributed by atoms with E-state index in [0.717, 1.165) is 25.9 Å². The summed E-state index contributed by atoms with van der Waals surface area (Å²) in [6.45, 7) is 8.87. The van der Waals surface area contributed by atoms with Crippen LogP contribution in [-0.4, -0.2) is 53.9 Å². The van der Waals surface area contributed by atoms with Crippen molar-refractivity contribution < 1.29 is 9.90 Å². The number of likely N-dealkylation sites (tertiary alicyclic amines) is 1. The van der Waals surface area contributed by atoms with Crippen molar-refractivity contribution in [2.45, 2.75) is 58.0 Å². The highest BCUT2D eigenvalue weighted by Gasteiger charge is 2.23. The van der Waals surface area contributed by atoms with Crippen LogP contribution in [0.25, 0.3) is 0 Å². The van der Waals surface area contributed by atoms with Crippen LogP contribution in [0.15, 0.2) is 0 Å². The van der Waals surface area contributed by atoms with E-state index in [1.165, 1.54) is 12.8 Å². The lowest BCUT2D eigenvalue weighted by molar-refractivity contribution is 0.210. The van der Waals surface area contributed by atoms with E-state index in [4.69, 9.17) is 5.11 Å². The number of carbonyl (C=O) groups is 1. The molecule has 1 rings (SSSR count). The van der Waals surface area contributed by atoms with Gasteiger partial charge in [-0.05, 0) is 53.0 Å². The first-order chi connectivity index (χ1) is 8.92. The number of urea groups is 1. The van der Waals surface area contributed by atoms with E-state index in [1.54, 1.807) is 0 Å². The Kier molecular flexibility index (Phi) is 6.58. The molecule has 1 fully saturated rings. The first-order valence-electron chi connectivity index (χ1n) is 7.33. The summed E-state index contributed by atoms with van der Waals surface area (Å²) in [7, 11) is 0. The molecule has 0 radical (unpaired) electrons. The Balaban J connectivity index is 2.19. The van der Waals surface area contributed by atoms with Crippen molar-refractivity contribution in [3.8, 4) is 0 Å². The normalized spacial score (nSPS) is 20.5. The van der Waals surface area contributed by atoms with E-state index in [9.17, 15) is 4.79 Å². The van der Waals surface area contributed by atoms with Gasteiger partial charge in [0.25, 0.3) is 0 Å². The molecule has 1 heterocycles. The monoisotopic (exact) mass is 271 g/mol. The molecule has 1 saturated heterocycles. The lowest BCUT2D eigenvalue weighted by Gasteiger charge is -2.25. The number of nitrogens with one attached hydrogen (secondary N) is 2. The molecular formula is C14H29N3O2. The van der Waals surface area contributed by atoms with Gasteiger partial charge < -0.3 is 15.7 Å². The van der Waals surface area contributed by atoms with E-state index in [2.05, 4.69) is 15.5 Å². The standard InChI is InChI=1S/C14H29N3O2/c1-14(2,3)16-13(19)15-8-10-17-9-4-6-12(17)7-5-11-18/h12,18H,4-11H2,1-3H3,(H2,15,16,19). The number of rotatable bonds is 6. The summed E-state index contributed by atoms with van der Waals surface area (Å²) in [6.07, 6.45) is 4.38. The Bertz CT molecular complexity index is 276. The van der Waals surface area contributed by atoms with Gasteiger partial charge in [-0.1, -0.05) is 0 Å². The van der Waals surface area contributed by atoms with E-state index < -0.39 is 0 Å². The second kappa shape index (κ2) is 7.70. The number of amides is 2. The van der Waals surface area contributed by atoms with E-state index >= 15 is 0 Å². The highest BCUT2D eigenvalue weighted by molar-refractivity contribution is 5.74. The van der Waals surface area contributed by atoms with Gasteiger partial charge in [0.15, 0.2) is 0 Å². The lowest BCUT2D eigenvalue weighted by atomic mass is 10.1. The van der Waals surface area contributed by atoms with Crippen molar-refractivity contribution in [1.82, 2.24) is 15.5 Å². The largest absolute Gasteiger partial charge is 0.396 e. The Morgan fingerprint density at radius 2 is 2.16 bits per heavy atom. The third kappa shape index (κ3) is 6.78. The van der Waals surface area contributed by atoms with Crippen molar-refractivity contribution in [2.75, 3.05) is 26.2 Å². The summed E-state index contributed by atoms with van der Waals surface area (Å²) in [5, 5.41) is 14.7. The minimum Gasteiger partial charge on any atom is -0.396 e. The van der Waals surface area contributed by atoms with Crippen LogP contribution >= 0.6 is 0 Å². The number of hydrogen-bond acceptors (Lipinski definition) is 3. The molecule has 1 unspecified atom stereocenters. The van der Waals surface area contributed by atoms with Gasteiger partial charge in [-0.2, -0.15) is 0 Å². The molecule has 3 N–H and O–H groups in total. The van der Waals surface area contributed by atoms with Crippen LogP contribution in [-0.2, 0) is 0 Å². The Hall–Kier alpha value is -0.810. The fourth-order valence-electron chi connectivity index (χ4n) is 2.54. The van der Waals surface area contributed by atoms with Crippen molar-refractivity contribution in [3.05, 3.63) is 0 Å². The van der Waals surface area contributed by atoms with Crippen LogP contribution < -0.4 is 10.6 Å². The first-order valence-corrected chi connectivity index (χ1v) is 7.33. The van der Waals surface area contributed by atoms with Gasteiger partial charge in [0.05, 0.1) is 0 Å². The van der Waals surface area contributed by atoms with Crippen molar-refractivity contribution >= 4 is 6.03 Å². The second-order valence-corrected chi connectivity index (χ2v) is 6.33. The summed E-state index contributed by atoms with van der Waals surface area (Å²) in [6, 6.07) is 0.484. The first kappa shape index (κ1) is 16.2. The van der Waals surface area contributed by atoms with Crippen LogP contribution in [0.3, 0.4) is 0 Å². The van der Waals surface area contributed by atoms with Crippen LogP contribution in [0.5, 0.6) is 0 Å². The van der Waals surface area contributed by atoms with E-state index in [1.807, 2.05) is 20.8 Å². The second-order valence-electron chi connectivity index (χ2n) is 6.33. The summed E-state index contributed by atoms with van der Waals surface area (Å²) in [5.41, 5.74) is -0.193. The van der Waals surface area contributed by atoms with Gasteiger partial charge in [0, 0.05) is 31.3 Å². The molecule has 1 aliphatic heterocycles. The third-order valence-corrected chi connectivity index (χ3v) is 3.37. The maximum absolute atomic E-state index is 11.6. The topological polar surface area (TPSA) is 64.6 Å². The summed E-state index contributed by atoms with van der Waals surface area (Å²) >= 11 is 0. The molecule has 0 spiro atoms. The summed E-state index contributed by atoms with van der Waals surface area (Å²) in [4.78, 5) is 14.0. The molecule has 19 heavy (non-hydrogen) atoms. The van der Waals surface area contributed by atoms with Gasteiger partial charge in [-0.15, -0.1) is 0 Å². The molecular weight excluding hydrogens is 242 g/mol. The predicted molar refractivity (Wildman–Crippen MR) is 77.2 cm³/mol. The van der Waals surface area contributed by atoms with Gasteiger partial charge in [0.2, 0.25) is 0 Å². The molecule has 5 nitrogen and oxygen atoms in total. The minimum atomic E-state index is -0.193. The van der Waals surface area contributed by atoms with Crippen molar-refractivity contribution in [2.24, 2.45) is 0 Å². The molecule has 2 amide bonds. The Labute approximate surface area is 116 Å². The molecule has 0 aliphatic carbocycles. The number of aliphatic hydroxyl groups is 1. The summed E-state index contributed by atoms with van der Waals surface area (Å²) in [5.74, 6) is 0. The number of aliphatic hydroxyl groups excluding tert-OH is 1. The SMILES string of the molecule is CC(C)(C)NC(=O)NCCN1CCCC1CCCO. The third-order valence-electron chi connectivity index (χ3n) is 3.37. The van der Waals surface area contributed by atoms with Crippen molar-refractivity contribution in [1.29, 1.82) is 0 Å². The van der Waals surface area contributed by atoms with Gasteiger partial charge in [0.1, 0.15) is 0 Å². The van der Waals surface area contributed by atoms with Crippen LogP contribution in [0.4, 0.5) is 4.79 Å². The van der Waals surface area contributed by atoms with E-state index in [-0.39, 0.29) is 18.2 Å².